The van der Waals surface area contributed by atoms with Crippen molar-refractivity contribution in [1.29, 1.82) is 0 Å². The maximum Gasteiger partial charge on any atom is 0.254 e. The van der Waals surface area contributed by atoms with Crippen LogP contribution in [0.4, 0.5) is 5.69 Å². The summed E-state index contributed by atoms with van der Waals surface area (Å²) in [6.45, 7) is 6.37. The number of carbonyl (C=O) groups excluding carboxylic acids is 2. The number of ether oxygens (including phenoxy) is 1. The standard InChI is InChI=1S/C26H28N2O3/c1-4-31-19-11-7-10-18(15-19)24-23(26(30)28-20-12-6-5-9-16(20)2)17(3)27-21-13-8-14-22(29)25(21)24/h5-7,9-12,15,24,27H,4,8,13-14H2,1-3H3,(H,28,30)/t24-/m1/s1. The molecule has 1 atom stereocenters. The maximum absolute atomic E-state index is 13.5. The highest BCUT2D eigenvalue weighted by atomic mass is 16.5. The molecule has 5 heteroatoms. The molecule has 1 aliphatic heterocycles. The number of amides is 1. The number of hydrogen-bond donors (Lipinski definition) is 2. The molecule has 2 N–H and O–H groups in total. The van der Waals surface area contributed by atoms with Gasteiger partial charge in [0.25, 0.3) is 5.91 Å². The van der Waals surface area contributed by atoms with Crippen LogP contribution in [-0.4, -0.2) is 18.3 Å². The van der Waals surface area contributed by atoms with Crippen LogP contribution < -0.4 is 15.4 Å². The van der Waals surface area contributed by atoms with Crippen LogP contribution in [0.25, 0.3) is 0 Å². The van der Waals surface area contributed by atoms with E-state index in [2.05, 4.69) is 10.6 Å². The highest BCUT2D eigenvalue weighted by molar-refractivity contribution is 6.10. The van der Waals surface area contributed by atoms with Gasteiger partial charge in [0.2, 0.25) is 0 Å². The quantitative estimate of drug-likeness (QED) is 0.720. The van der Waals surface area contributed by atoms with Gasteiger partial charge in [-0.25, -0.2) is 0 Å². The van der Waals surface area contributed by atoms with Crippen LogP contribution in [0.3, 0.4) is 0 Å². The predicted molar refractivity (Wildman–Crippen MR) is 122 cm³/mol. The molecule has 160 valence electrons. The van der Waals surface area contributed by atoms with Crippen molar-refractivity contribution < 1.29 is 14.3 Å². The van der Waals surface area contributed by atoms with Gasteiger partial charge in [0.15, 0.2) is 5.78 Å². The van der Waals surface area contributed by atoms with Crippen LogP contribution in [0.1, 0.15) is 50.2 Å². The summed E-state index contributed by atoms with van der Waals surface area (Å²) in [6.07, 6.45) is 2.15. The number of carbonyl (C=O) groups is 2. The van der Waals surface area contributed by atoms with Crippen LogP contribution in [-0.2, 0) is 9.59 Å². The van der Waals surface area contributed by atoms with E-state index in [0.29, 0.717) is 24.2 Å². The summed E-state index contributed by atoms with van der Waals surface area (Å²) in [6, 6.07) is 15.4. The number of dihydropyridines is 1. The van der Waals surface area contributed by atoms with Crippen LogP contribution >= 0.6 is 0 Å². The molecule has 1 aliphatic carbocycles. The Bertz CT molecular complexity index is 1100. The third-order valence-electron chi connectivity index (χ3n) is 5.92. The van der Waals surface area contributed by atoms with E-state index in [0.717, 1.165) is 46.8 Å². The van der Waals surface area contributed by atoms with Crippen LogP contribution in [0.2, 0.25) is 0 Å². The van der Waals surface area contributed by atoms with Gasteiger partial charge in [-0.2, -0.15) is 0 Å². The van der Waals surface area contributed by atoms with Crippen molar-refractivity contribution in [3.05, 3.63) is 82.2 Å². The fourth-order valence-corrected chi connectivity index (χ4v) is 4.47. The Balaban J connectivity index is 1.80. The summed E-state index contributed by atoms with van der Waals surface area (Å²) >= 11 is 0. The number of hydrogen-bond acceptors (Lipinski definition) is 4. The first-order chi connectivity index (χ1) is 15.0. The monoisotopic (exact) mass is 416 g/mol. The third kappa shape index (κ3) is 4.13. The average molecular weight is 417 g/mol. The number of anilines is 1. The molecule has 4 rings (SSSR count). The minimum atomic E-state index is -0.423. The van der Waals surface area contributed by atoms with E-state index in [4.69, 9.17) is 4.74 Å². The molecule has 0 bridgehead atoms. The average Bonchev–Trinajstić information content (AvgIpc) is 2.75. The molecule has 0 fully saturated rings. The Hall–Kier alpha value is -3.34. The highest BCUT2D eigenvalue weighted by Crippen LogP contribution is 2.43. The summed E-state index contributed by atoms with van der Waals surface area (Å²) in [5.41, 5.74) is 5.65. The second-order valence-corrected chi connectivity index (χ2v) is 8.04. The third-order valence-corrected chi connectivity index (χ3v) is 5.92. The number of Topliss-reactive ketones (excluding diaryl/α,β-unsaturated/α-hetero) is 1. The summed E-state index contributed by atoms with van der Waals surface area (Å²) in [4.78, 5) is 26.6. The van der Waals surface area contributed by atoms with Gasteiger partial charge in [-0.05, 0) is 62.9 Å². The molecule has 0 spiro atoms. The van der Waals surface area contributed by atoms with E-state index in [1.165, 1.54) is 0 Å². The molecule has 0 saturated carbocycles. The zero-order valence-corrected chi connectivity index (χ0v) is 18.2. The lowest BCUT2D eigenvalue weighted by atomic mass is 9.75. The Morgan fingerprint density at radius 2 is 1.94 bits per heavy atom. The molecule has 2 aromatic carbocycles. The van der Waals surface area contributed by atoms with Gasteiger partial charge in [0.05, 0.1) is 6.61 Å². The first-order valence-corrected chi connectivity index (χ1v) is 10.8. The van der Waals surface area contributed by atoms with E-state index in [1.807, 2.05) is 69.3 Å². The van der Waals surface area contributed by atoms with Gasteiger partial charge in [-0.1, -0.05) is 30.3 Å². The second-order valence-electron chi connectivity index (χ2n) is 8.04. The fourth-order valence-electron chi connectivity index (χ4n) is 4.47. The van der Waals surface area contributed by atoms with E-state index >= 15 is 0 Å². The molecule has 0 saturated heterocycles. The van der Waals surface area contributed by atoms with Crippen molar-refractivity contribution >= 4 is 17.4 Å². The molecule has 0 aromatic heterocycles. The normalized spacial score (nSPS) is 18.4. The number of allylic oxidation sites excluding steroid dienone is 3. The molecule has 31 heavy (non-hydrogen) atoms. The van der Waals surface area contributed by atoms with Crippen molar-refractivity contribution in [3.8, 4) is 5.75 Å². The Morgan fingerprint density at radius 3 is 2.71 bits per heavy atom. The number of benzene rings is 2. The number of para-hydroxylation sites is 1. The van der Waals surface area contributed by atoms with E-state index in [-0.39, 0.29) is 11.7 Å². The van der Waals surface area contributed by atoms with E-state index in [9.17, 15) is 9.59 Å². The predicted octanol–water partition coefficient (Wildman–Crippen LogP) is 5.00. The largest absolute Gasteiger partial charge is 0.494 e. The summed E-state index contributed by atoms with van der Waals surface area (Å²) in [7, 11) is 0. The number of nitrogens with one attached hydrogen (secondary N) is 2. The van der Waals surface area contributed by atoms with Crippen molar-refractivity contribution in [3.63, 3.8) is 0 Å². The lowest BCUT2D eigenvalue weighted by Crippen LogP contribution is -2.35. The van der Waals surface area contributed by atoms with Crippen molar-refractivity contribution in [2.24, 2.45) is 0 Å². The Morgan fingerprint density at radius 1 is 1.13 bits per heavy atom. The lowest BCUT2D eigenvalue weighted by molar-refractivity contribution is -0.116. The summed E-state index contributed by atoms with van der Waals surface area (Å²) < 4.78 is 5.70. The number of aryl methyl sites for hydroxylation is 1. The molecular formula is C26H28N2O3. The van der Waals surface area contributed by atoms with Gasteiger partial charge in [-0.15, -0.1) is 0 Å². The molecule has 0 radical (unpaired) electrons. The maximum atomic E-state index is 13.5. The number of ketones is 1. The smallest absolute Gasteiger partial charge is 0.254 e. The van der Waals surface area contributed by atoms with E-state index < -0.39 is 5.92 Å². The minimum Gasteiger partial charge on any atom is -0.494 e. The van der Waals surface area contributed by atoms with Crippen molar-refractivity contribution in [2.75, 3.05) is 11.9 Å². The summed E-state index contributed by atoms with van der Waals surface area (Å²) in [5.74, 6) is 0.221. The number of rotatable bonds is 5. The topological polar surface area (TPSA) is 67.4 Å². The van der Waals surface area contributed by atoms with Gasteiger partial charge in [0.1, 0.15) is 5.75 Å². The second kappa shape index (κ2) is 8.80. The highest BCUT2D eigenvalue weighted by Gasteiger charge is 2.38. The van der Waals surface area contributed by atoms with Gasteiger partial charge in [-0.3, -0.25) is 9.59 Å². The molecule has 2 aromatic rings. The van der Waals surface area contributed by atoms with Crippen molar-refractivity contribution in [1.82, 2.24) is 5.32 Å². The zero-order valence-electron chi connectivity index (χ0n) is 18.2. The molecule has 2 aliphatic rings. The Kier molecular flexibility index (Phi) is 5.94. The minimum absolute atomic E-state index is 0.106. The summed E-state index contributed by atoms with van der Waals surface area (Å²) in [5, 5.41) is 6.42. The molecule has 1 amide bonds. The van der Waals surface area contributed by atoms with E-state index in [1.54, 1.807) is 0 Å². The zero-order chi connectivity index (χ0) is 22.0. The van der Waals surface area contributed by atoms with Gasteiger partial charge < -0.3 is 15.4 Å². The van der Waals surface area contributed by atoms with Gasteiger partial charge >= 0.3 is 0 Å². The molecular weight excluding hydrogens is 388 g/mol. The molecule has 5 nitrogen and oxygen atoms in total. The fraction of sp³-hybridized carbons (Fsp3) is 0.308. The van der Waals surface area contributed by atoms with Crippen LogP contribution in [0, 0.1) is 6.92 Å². The SMILES string of the molecule is CCOc1cccc([C@@H]2C(C(=O)Nc3ccccc3C)=C(C)NC3=C2C(=O)CCC3)c1. The van der Waals surface area contributed by atoms with Crippen LogP contribution in [0.15, 0.2) is 71.1 Å². The first-order valence-electron chi connectivity index (χ1n) is 10.8. The molecule has 1 heterocycles. The lowest BCUT2D eigenvalue weighted by Gasteiger charge is -2.34. The first kappa shape index (κ1) is 20.9. The van der Waals surface area contributed by atoms with Gasteiger partial charge in [0, 0.05) is 40.6 Å². The molecule has 0 unspecified atom stereocenters. The van der Waals surface area contributed by atoms with Crippen molar-refractivity contribution in [2.45, 2.75) is 46.0 Å². The Labute approximate surface area is 183 Å². The van der Waals surface area contributed by atoms with Crippen LogP contribution in [0.5, 0.6) is 5.75 Å².